The smallest absolute Gasteiger partial charge is 0.231 e. The van der Waals surface area contributed by atoms with E-state index in [0.717, 1.165) is 44.8 Å². The van der Waals surface area contributed by atoms with E-state index in [1.165, 1.54) is 37.8 Å². The molecule has 25 heavy (non-hydrogen) atoms. The van der Waals surface area contributed by atoms with E-state index in [2.05, 4.69) is 29.2 Å². The van der Waals surface area contributed by atoms with Crippen molar-refractivity contribution >= 4 is 5.91 Å². The quantitative estimate of drug-likeness (QED) is 0.888. The van der Waals surface area contributed by atoms with Crippen LogP contribution in [0.1, 0.15) is 51.0 Å². The number of hydrogen-bond donors (Lipinski definition) is 1. The molecule has 0 saturated carbocycles. The highest BCUT2D eigenvalue weighted by Crippen LogP contribution is 2.17. The van der Waals surface area contributed by atoms with Crippen molar-refractivity contribution in [2.75, 3.05) is 32.8 Å². The maximum Gasteiger partial charge on any atom is 0.231 e. The van der Waals surface area contributed by atoms with Crippen LogP contribution in [-0.4, -0.2) is 43.6 Å². The van der Waals surface area contributed by atoms with Crippen molar-refractivity contribution in [3.8, 4) is 5.75 Å². The number of hydrogen-bond acceptors (Lipinski definition) is 2. The molecule has 1 amide bonds. The highest BCUT2D eigenvalue weighted by molar-refractivity contribution is 5.79. The van der Waals surface area contributed by atoms with Gasteiger partial charge in [0.2, 0.25) is 5.91 Å². The van der Waals surface area contributed by atoms with Crippen LogP contribution in [0.25, 0.3) is 0 Å². The number of rotatable bonds is 5. The summed E-state index contributed by atoms with van der Waals surface area (Å²) >= 11 is 0. The first-order valence-corrected chi connectivity index (χ1v) is 10.1. The standard InChI is InChI=1S/C21H32N2O2/c1-2-25-20-11-9-18(10-12-20)16-22-13-7-8-19(17-22)21(24)23-14-5-3-4-6-15-23/h9-12,19H,2-8,13-17H2,1H3/p+1/t19-/m0/s1. The maximum absolute atomic E-state index is 12.9. The number of likely N-dealkylation sites (tertiary alicyclic amines) is 2. The summed E-state index contributed by atoms with van der Waals surface area (Å²) in [6.45, 7) is 7.84. The number of nitrogens with zero attached hydrogens (tertiary/aromatic N) is 1. The minimum absolute atomic E-state index is 0.226. The zero-order chi connectivity index (χ0) is 17.5. The minimum atomic E-state index is 0.226. The first-order chi connectivity index (χ1) is 12.3. The third-order valence-electron chi connectivity index (χ3n) is 5.57. The highest BCUT2D eigenvalue weighted by atomic mass is 16.5. The first kappa shape index (κ1) is 18.2. The summed E-state index contributed by atoms with van der Waals surface area (Å²) in [5.41, 5.74) is 1.33. The lowest BCUT2D eigenvalue weighted by atomic mass is 9.96. The van der Waals surface area contributed by atoms with Gasteiger partial charge in [-0.15, -0.1) is 0 Å². The number of amides is 1. The number of benzene rings is 1. The van der Waals surface area contributed by atoms with Crippen LogP contribution in [0, 0.1) is 5.92 Å². The third-order valence-corrected chi connectivity index (χ3v) is 5.57. The van der Waals surface area contributed by atoms with Crippen LogP contribution >= 0.6 is 0 Å². The van der Waals surface area contributed by atoms with E-state index in [1.807, 2.05) is 6.92 Å². The lowest BCUT2D eigenvalue weighted by molar-refractivity contribution is -0.921. The van der Waals surface area contributed by atoms with E-state index in [9.17, 15) is 4.79 Å². The molecule has 2 heterocycles. The van der Waals surface area contributed by atoms with Crippen molar-refractivity contribution in [1.82, 2.24) is 4.90 Å². The molecule has 0 aromatic heterocycles. The zero-order valence-corrected chi connectivity index (χ0v) is 15.6. The number of quaternary nitrogens is 1. The topological polar surface area (TPSA) is 34.0 Å². The van der Waals surface area contributed by atoms with Crippen LogP contribution in [-0.2, 0) is 11.3 Å². The van der Waals surface area contributed by atoms with Crippen molar-refractivity contribution < 1.29 is 14.4 Å². The largest absolute Gasteiger partial charge is 0.494 e. The number of nitrogens with one attached hydrogen (secondary N) is 1. The van der Waals surface area contributed by atoms with Crippen LogP contribution in [0.3, 0.4) is 0 Å². The van der Waals surface area contributed by atoms with Crippen molar-refractivity contribution in [1.29, 1.82) is 0 Å². The van der Waals surface area contributed by atoms with Crippen LogP contribution < -0.4 is 9.64 Å². The van der Waals surface area contributed by atoms with Gasteiger partial charge in [0.25, 0.3) is 0 Å². The van der Waals surface area contributed by atoms with Gasteiger partial charge in [-0.25, -0.2) is 0 Å². The Morgan fingerprint density at radius 1 is 1.12 bits per heavy atom. The van der Waals surface area contributed by atoms with Crippen molar-refractivity contribution in [2.45, 2.75) is 52.0 Å². The van der Waals surface area contributed by atoms with Gasteiger partial charge in [0.1, 0.15) is 12.3 Å². The summed E-state index contributed by atoms with van der Waals surface area (Å²) in [5.74, 6) is 1.59. The molecule has 3 rings (SSSR count). The molecular formula is C21H33N2O2+. The molecule has 2 saturated heterocycles. The number of ether oxygens (including phenoxy) is 1. The van der Waals surface area contributed by atoms with Gasteiger partial charge < -0.3 is 14.5 Å². The molecule has 2 atom stereocenters. The van der Waals surface area contributed by atoms with Gasteiger partial charge in [0.05, 0.1) is 25.6 Å². The molecule has 138 valence electrons. The third kappa shape index (κ3) is 5.21. The van der Waals surface area contributed by atoms with E-state index in [-0.39, 0.29) is 5.92 Å². The normalized spacial score (nSPS) is 24.6. The molecule has 1 aromatic rings. The molecule has 1 unspecified atom stereocenters. The fourth-order valence-electron chi connectivity index (χ4n) is 4.23. The van der Waals surface area contributed by atoms with E-state index in [1.54, 1.807) is 4.90 Å². The summed E-state index contributed by atoms with van der Waals surface area (Å²) in [7, 11) is 0. The average Bonchev–Trinajstić information content (AvgIpc) is 2.93. The average molecular weight is 346 g/mol. The Hall–Kier alpha value is -1.55. The van der Waals surface area contributed by atoms with Gasteiger partial charge in [-0.1, -0.05) is 12.8 Å². The van der Waals surface area contributed by atoms with Crippen molar-refractivity contribution in [2.24, 2.45) is 5.92 Å². The van der Waals surface area contributed by atoms with Gasteiger partial charge in [0.15, 0.2) is 0 Å². The van der Waals surface area contributed by atoms with Crippen LogP contribution in [0.4, 0.5) is 0 Å². The Bertz CT molecular complexity index is 535. The van der Waals surface area contributed by atoms with E-state index >= 15 is 0 Å². The summed E-state index contributed by atoms with van der Waals surface area (Å²) in [6.07, 6.45) is 7.16. The van der Waals surface area contributed by atoms with E-state index < -0.39 is 0 Å². The molecule has 0 bridgehead atoms. The number of carbonyl (C=O) groups is 1. The fourth-order valence-corrected chi connectivity index (χ4v) is 4.23. The van der Waals surface area contributed by atoms with Crippen molar-refractivity contribution in [3.63, 3.8) is 0 Å². The van der Waals surface area contributed by atoms with Crippen molar-refractivity contribution in [3.05, 3.63) is 29.8 Å². The van der Waals surface area contributed by atoms with Gasteiger partial charge in [-0.3, -0.25) is 4.79 Å². The molecule has 2 aliphatic rings. The maximum atomic E-state index is 12.9. The molecule has 2 aliphatic heterocycles. The molecule has 0 radical (unpaired) electrons. The van der Waals surface area contributed by atoms with Gasteiger partial charge in [-0.2, -0.15) is 0 Å². The number of carbonyl (C=O) groups excluding carboxylic acids is 1. The number of piperidine rings is 1. The van der Waals surface area contributed by atoms with Crippen LogP contribution in [0.2, 0.25) is 0 Å². The summed E-state index contributed by atoms with van der Waals surface area (Å²) in [4.78, 5) is 16.6. The molecule has 1 aromatic carbocycles. The second-order valence-electron chi connectivity index (χ2n) is 7.54. The van der Waals surface area contributed by atoms with Gasteiger partial charge in [0, 0.05) is 18.7 Å². The molecular weight excluding hydrogens is 312 g/mol. The lowest BCUT2D eigenvalue weighted by Crippen LogP contribution is -3.12. The molecule has 1 N–H and O–H groups in total. The Morgan fingerprint density at radius 2 is 1.84 bits per heavy atom. The first-order valence-electron chi connectivity index (χ1n) is 10.1. The van der Waals surface area contributed by atoms with Crippen LogP contribution in [0.5, 0.6) is 5.75 Å². The Balaban J connectivity index is 1.54. The summed E-state index contributed by atoms with van der Waals surface area (Å²) in [6, 6.07) is 8.45. The second-order valence-corrected chi connectivity index (χ2v) is 7.54. The van der Waals surface area contributed by atoms with Gasteiger partial charge >= 0.3 is 0 Å². The summed E-state index contributed by atoms with van der Waals surface area (Å²) < 4.78 is 5.52. The molecule has 4 nitrogen and oxygen atoms in total. The Labute approximate surface area is 152 Å². The second kappa shape index (κ2) is 9.23. The highest BCUT2D eigenvalue weighted by Gasteiger charge is 2.31. The monoisotopic (exact) mass is 345 g/mol. The van der Waals surface area contributed by atoms with Gasteiger partial charge in [-0.05, 0) is 56.9 Å². The van der Waals surface area contributed by atoms with E-state index in [0.29, 0.717) is 12.5 Å². The minimum Gasteiger partial charge on any atom is -0.494 e. The predicted molar refractivity (Wildman–Crippen MR) is 99.8 cm³/mol. The van der Waals surface area contributed by atoms with E-state index in [4.69, 9.17) is 4.74 Å². The molecule has 0 aliphatic carbocycles. The zero-order valence-electron chi connectivity index (χ0n) is 15.6. The Kier molecular flexibility index (Phi) is 6.74. The SMILES string of the molecule is CCOc1ccc(C[NH+]2CCC[C@H](C(=O)N3CCCCCC3)C2)cc1. The fraction of sp³-hybridized carbons (Fsp3) is 0.667. The predicted octanol–water partition coefficient (Wildman–Crippen LogP) is 2.28. The molecule has 0 spiro atoms. The molecule has 4 heteroatoms. The Morgan fingerprint density at radius 3 is 2.52 bits per heavy atom. The molecule has 2 fully saturated rings. The summed E-state index contributed by atoms with van der Waals surface area (Å²) in [5, 5.41) is 0. The van der Waals surface area contributed by atoms with Crippen LogP contribution in [0.15, 0.2) is 24.3 Å². The lowest BCUT2D eigenvalue weighted by Gasteiger charge is -2.32.